The van der Waals surface area contributed by atoms with Crippen molar-refractivity contribution in [3.05, 3.63) is 24.3 Å². The number of hydrogen-bond donors (Lipinski definition) is 4. The zero-order chi connectivity index (χ0) is 12.7. The summed E-state index contributed by atoms with van der Waals surface area (Å²) >= 11 is 1.25. The number of aliphatic hydroxyl groups is 2. The molecule has 0 bridgehead atoms. The quantitative estimate of drug-likeness (QED) is 0.536. The van der Waals surface area contributed by atoms with Crippen LogP contribution in [-0.4, -0.2) is 46.3 Å². The Hall–Kier alpha value is -1.24. The van der Waals surface area contributed by atoms with Crippen molar-refractivity contribution in [3.8, 4) is 0 Å². The Bertz CT molecular complexity index is 355. The van der Waals surface area contributed by atoms with Crippen LogP contribution in [0, 0.1) is 0 Å². The number of carboxylic acids is 1. The second-order valence-electron chi connectivity index (χ2n) is 3.42. The molecule has 1 aromatic carbocycles. The SMILES string of the molecule is O=C(O)CSc1ccc(NCC(O)CO)cc1. The number of anilines is 1. The summed E-state index contributed by atoms with van der Waals surface area (Å²) in [6.07, 6.45) is -0.781. The van der Waals surface area contributed by atoms with Crippen LogP contribution in [0.3, 0.4) is 0 Å². The predicted octanol–water partition coefficient (Wildman–Crippen LogP) is 0.628. The molecule has 0 saturated heterocycles. The van der Waals surface area contributed by atoms with E-state index in [1.54, 1.807) is 24.3 Å². The smallest absolute Gasteiger partial charge is 0.313 e. The average Bonchev–Trinajstić information content (AvgIpc) is 2.34. The van der Waals surface area contributed by atoms with Crippen molar-refractivity contribution >= 4 is 23.4 Å². The van der Waals surface area contributed by atoms with E-state index in [2.05, 4.69) is 5.32 Å². The number of benzene rings is 1. The van der Waals surface area contributed by atoms with Gasteiger partial charge in [0.2, 0.25) is 0 Å². The van der Waals surface area contributed by atoms with E-state index in [0.29, 0.717) is 0 Å². The summed E-state index contributed by atoms with van der Waals surface area (Å²) in [6.45, 7) is -0.00232. The highest BCUT2D eigenvalue weighted by Crippen LogP contribution is 2.19. The van der Waals surface area contributed by atoms with Gasteiger partial charge in [-0.05, 0) is 24.3 Å². The molecule has 0 heterocycles. The van der Waals surface area contributed by atoms with Crippen LogP contribution < -0.4 is 5.32 Å². The van der Waals surface area contributed by atoms with Crippen LogP contribution in [0.25, 0.3) is 0 Å². The van der Waals surface area contributed by atoms with Crippen molar-refractivity contribution in [1.29, 1.82) is 0 Å². The van der Waals surface area contributed by atoms with E-state index in [9.17, 15) is 4.79 Å². The lowest BCUT2D eigenvalue weighted by atomic mass is 10.3. The maximum absolute atomic E-state index is 10.4. The standard InChI is InChI=1S/C11H15NO4S/c13-6-9(14)5-12-8-1-3-10(4-2-8)17-7-11(15)16/h1-4,9,12-14H,5-7H2,(H,15,16). The highest BCUT2D eigenvalue weighted by molar-refractivity contribution is 8.00. The zero-order valence-corrected chi connectivity index (χ0v) is 9.98. The topological polar surface area (TPSA) is 89.8 Å². The van der Waals surface area contributed by atoms with Crippen LogP contribution >= 0.6 is 11.8 Å². The molecule has 1 atom stereocenters. The summed E-state index contributed by atoms with van der Waals surface area (Å²) in [5.41, 5.74) is 0.817. The molecule has 1 unspecified atom stereocenters. The number of thioether (sulfide) groups is 1. The second-order valence-corrected chi connectivity index (χ2v) is 4.47. The van der Waals surface area contributed by atoms with Gasteiger partial charge in [0.1, 0.15) is 0 Å². The Kier molecular flexibility index (Phi) is 5.82. The van der Waals surface area contributed by atoms with E-state index >= 15 is 0 Å². The zero-order valence-electron chi connectivity index (χ0n) is 9.17. The molecule has 0 aliphatic rings. The van der Waals surface area contributed by atoms with Crippen LogP contribution in [-0.2, 0) is 4.79 Å². The molecule has 17 heavy (non-hydrogen) atoms. The summed E-state index contributed by atoms with van der Waals surface area (Å²) in [4.78, 5) is 11.2. The fourth-order valence-electron chi connectivity index (χ4n) is 1.11. The molecule has 94 valence electrons. The maximum Gasteiger partial charge on any atom is 0.313 e. The van der Waals surface area contributed by atoms with E-state index in [1.807, 2.05) is 0 Å². The van der Waals surface area contributed by atoms with Gasteiger partial charge in [0.05, 0.1) is 18.5 Å². The molecule has 0 aliphatic carbocycles. The fraction of sp³-hybridized carbons (Fsp3) is 0.364. The van der Waals surface area contributed by atoms with Crippen LogP contribution in [0.4, 0.5) is 5.69 Å². The Balaban J connectivity index is 2.41. The lowest BCUT2D eigenvalue weighted by Gasteiger charge is -2.10. The number of carbonyl (C=O) groups is 1. The number of aliphatic hydroxyl groups excluding tert-OH is 2. The summed E-state index contributed by atoms with van der Waals surface area (Å²) < 4.78 is 0. The Labute approximate surface area is 103 Å². The van der Waals surface area contributed by atoms with Crippen LogP contribution in [0.5, 0.6) is 0 Å². The minimum absolute atomic E-state index is 0.0377. The summed E-state index contributed by atoms with van der Waals surface area (Å²) in [6, 6.07) is 7.21. The van der Waals surface area contributed by atoms with Gasteiger partial charge in [0, 0.05) is 17.1 Å². The van der Waals surface area contributed by atoms with E-state index in [0.717, 1.165) is 10.6 Å². The molecule has 4 N–H and O–H groups in total. The molecule has 0 amide bonds. The van der Waals surface area contributed by atoms with Crippen molar-refractivity contribution in [2.45, 2.75) is 11.0 Å². The number of nitrogens with one attached hydrogen (secondary N) is 1. The second kappa shape index (κ2) is 7.16. The van der Waals surface area contributed by atoms with Crippen LogP contribution in [0.2, 0.25) is 0 Å². The van der Waals surface area contributed by atoms with Gasteiger partial charge in [0.15, 0.2) is 0 Å². The Morgan fingerprint density at radius 1 is 1.35 bits per heavy atom. The largest absolute Gasteiger partial charge is 0.481 e. The predicted molar refractivity (Wildman–Crippen MR) is 66.4 cm³/mol. The molecule has 1 aromatic rings. The normalized spacial score (nSPS) is 12.1. The molecule has 0 saturated carbocycles. The third-order valence-electron chi connectivity index (χ3n) is 1.97. The third-order valence-corrected chi connectivity index (χ3v) is 2.97. The third kappa shape index (κ3) is 5.58. The Morgan fingerprint density at radius 3 is 2.53 bits per heavy atom. The van der Waals surface area contributed by atoms with Crippen molar-refractivity contribution in [3.63, 3.8) is 0 Å². The van der Waals surface area contributed by atoms with Gasteiger partial charge in [-0.3, -0.25) is 4.79 Å². The molecule has 0 spiro atoms. The molecule has 0 aliphatic heterocycles. The van der Waals surface area contributed by atoms with E-state index in [-0.39, 0.29) is 18.9 Å². The minimum Gasteiger partial charge on any atom is -0.481 e. The Morgan fingerprint density at radius 2 is 2.00 bits per heavy atom. The van der Waals surface area contributed by atoms with Gasteiger partial charge in [0.25, 0.3) is 0 Å². The first-order chi connectivity index (χ1) is 8.11. The number of carboxylic acid groups (broad SMARTS) is 1. The highest BCUT2D eigenvalue weighted by atomic mass is 32.2. The minimum atomic E-state index is -0.844. The van der Waals surface area contributed by atoms with Crippen molar-refractivity contribution in [2.24, 2.45) is 0 Å². The molecule has 0 aromatic heterocycles. The molecular formula is C11H15NO4S. The van der Waals surface area contributed by atoms with Gasteiger partial charge < -0.3 is 20.6 Å². The van der Waals surface area contributed by atoms with Crippen molar-refractivity contribution < 1.29 is 20.1 Å². The van der Waals surface area contributed by atoms with E-state index in [4.69, 9.17) is 15.3 Å². The average molecular weight is 257 g/mol. The highest BCUT2D eigenvalue weighted by Gasteiger charge is 2.02. The molecule has 0 radical (unpaired) electrons. The summed E-state index contributed by atoms with van der Waals surface area (Å²) in [5, 5.41) is 29.2. The monoisotopic (exact) mass is 257 g/mol. The molecule has 0 fully saturated rings. The van der Waals surface area contributed by atoms with Crippen molar-refractivity contribution in [1.82, 2.24) is 0 Å². The van der Waals surface area contributed by atoms with E-state index in [1.165, 1.54) is 11.8 Å². The van der Waals surface area contributed by atoms with Gasteiger partial charge >= 0.3 is 5.97 Å². The van der Waals surface area contributed by atoms with Gasteiger partial charge in [-0.15, -0.1) is 11.8 Å². The van der Waals surface area contributed by atoms with Crippen LogP contribution in [0.1, 0.15) is 0 Å². The van der Waals surface area contributed by atoms with Crippen molar-refractivity contribution in [2.75, 3.05) is 24.2 Å². The first kappa shape index (κ1) is 13.8. The molecule has 1 rings (SSSR count). The van der Waals surface area contributed by atoms with Crippen LogP contribution in [0.15, 0.2) is 29.2 Å². The summed E-state index contributed by atoms with van der Waals surface area (Å²) in [5.74, 6) is -0.806. The number of aliphatic carboxylic acids is 1. The molecular weight excluding hydrogens is 242 g/mol. The first-order valence-electron chi connectivity index (χ1n) is 5.09. The molecule has 6 heteroatoms. The number of hydrogen-bond acceptors (Lipinski definition) is 5. The lowest BCUT2D eigenvalue weighted by Crippen LogP contribution is -2.22. The lowest BCUT2D eigenvalue weighted by molar-refractivity contribution is -0.133. The van der Waals surface area contributed by atoms with Gasteiger partial charge in [-0.1, -0.05) is 0 Å². The first-order valence-corrected chi connectivity index (χ1v) is 6.08. The van der Waals surface area contributed by atoms with Gasteiger partial charge in [-0.2, -0.15) is 0 Å². The summed E-state index contributed by atoms with van der Waals surface area (Å²) in [7, 11) is 0. The van der Waals surface area contributed by atoms with E-state index < -0.39 is 12.1 Å². The maximum atomic E-state index is 10.4. The van der Waals surface area contributed by atoms with Gasteiger partial charge in [-0.25, -0.2) is 0 Å². The fourth-order valence-corrected chi connectivity index (χ4v) is 1.73. The number of rotatable bonds is 7. The molecule has 5 nitrogen and oxygen atoms in total.